The Bertz CT molecular complexity index is 696. The van der Waals surface area contributed by atoms with E-state index >= 15 is 0 Å². The number of rotatable bonds is 6. The Morgan fingerprint density at radius 3 is 2.53 bits per heavy atom. The van der Waals surface area contributed by atoms with Gasteiger partial charge in [-0.1, -0.05) is 0 Å². The van der Waals surface area contributed by atoms with Gasteiger partial charge in [0, 0.05) is 31.9 Å². The van der Waals surface area contributed by atoms with Crippen molar-refractivity contribution in [1.82, 2.24) is 10.6 Å². The van der Waals surface area contributed by atoms with Crippen molar-refractivity contribution in [3.8, 4) is 5.75 Å². The number of nitrogens with one attached hydrogen (secondary N) is 2. The number of esters is 1. The minimum absolute atomic E-state index is 0. The number of carbonyl (C=O) groups is 1. The Morgan fingerprint density at radius 1 is 1.30 bits per heavy atom. The fourth-order valence-electron chi connectivity index (χ4n) is 3.09. The minimum Gasteiger partial charge on any atom is -0.459 e. The Kier molecular flexibility index (Phi) is 10.6. The standard InChI is InChI=1S/C20H30F2N4O3.HI/c1-20(2,3)29-17(27)12-24-19(23-4)25-14-6-5-11-26(13-14)15-7-9-16(10-8-15)28-18(21)22;/h7-10,14,18H,5-6,11-13H2,1-4H3,(H2,23,24,25);1H. The summed E-state index contributed by atoms with van der Waals surface area (Å²) in [5.74, 6) is 0.322. The van der Waals surface area contributed by atoms with Gasteiger partial charge in [0.05, 0.1) is 0 Å². The molecule has 0 saturated carbocycles. The molecule has 0 bridgehead atoms. The van der Waals surface area contributed by atoms with Crippen LogP contribution in [-0.2, 0) is 9.53 Å². The van der Waals surface area contributed by atoms with E-state index in [1.165, 1.54) is 0 Å². The second kappa shape index (κ2) is 12.1. The number of guanidine groups is 1. The molecule has 2 N–H and O–H groups in total. The van der Waals surface area contributed by atoms with E-state index in [9.17, 15) is 13.6 Å². The van der Waals surface area contributed by atoms with Crippen molar-refractivity contribution in [2.75, 3.05) is 31.6 Å². The quantitative estimate of drug-likeness (QED) is 0.250. The van der Waals surface area contributed by atoms with E-state index in [-0.39, 0.29) is 48.3 Å². The number of nitrogens with zero attached hydrogens (tertiary/aromatic N) is 2. The summed E-state index contributed by atoms with van der Waals surface area (Å²) in [6.45, 7) is 4.25. The molecule has 1 aromatic carbocycles. The van der Waals surface area contributed by atoms with Crippen molar-refractivity contribution in [2.45, 2.75) is 51.9 Å². The highest BCUT2D eigenvalue weighted by atomic mass is 127. The fourth-order valence-corrected chi connectivity index (χ4v) is 3.09. The number of ether oxygens (including phenoxy) is 2. The summed E-state index contributed by atoms with van der Waals surface area (Å²) < 4.78 is 34.3. The number of hydrogen-bond donors (Lipinski definition) is 2. The first kappa shape index (κ1) is 26.2. The van der Waals surface area contributed by atoms with Crippen LogP contribution in [0.2, 0.25) is 0 Å². The molecule has 1 unspecified atom stereocenters. The van der Waals surface area contributed by atoms with Gasteiger partial charge in [-0.25, -0.2) is 0 Å². The molecule has 1 fully saturated rings. The Labute approximate surface area is 193 Å². The maximum absolute atomic E-state index is 12.3. The maximum atomic E-state index is 12.3. The van der Waals surface area contributed by atoms with Crippen LogP contribution in [0.4, 0.5) is 14.5 Å². The summed E-state index contributed by atoms with van der Waals surface area (Å²) in [4.78, 5) is 18.2. The van der Waals surface area contributed by atoms with Gasteiger partial charge in [0.25, 0.3) is 0 Å². The lowest BCUT2D eigenvalue weighted by Gasteiger charge is -2.35. The number of carbonyl (C=O) groups excluding carboxylic acids is 1. The SMILES string of the molecule is CN=C(NCC(=O)OC(C)(C)C)NC1CCCN(c2ccc(OC(F)F)cc2)C1.I. The van der Waals surface area contributed by atoms with Gasteiger partial charge < -0.3 is 25.0 Å². The van der Waals surface area contributed by atoms with Gasteiger partial charge in [-0.05, 0) is 57.9 Å². The minimum atomic E-state index is -2.83. The van der Waals surface area contributed by atoms with Gasteiger partial charge in [-0.3, -0.25) is 9.79 Å². The number of alkyl halides is 2. The number of benzene rings is 1. The second-order valence-corrected chi connectivity index (χ2v) is 7.81. The third-order valence-electron chi connectivity index (χ3n) is 4.23. The molecule has 2 rings (SSSR count). The number of anilines is 1. The molecule has 0 aliphatic carbocycles. The van der Waals surface area contributed by atoms with Crippen LogP contribution in [0.25, 0.3) is 0 Å². The molecule has 0 radical (unpaired) electrons. The lowest BCUT2D eigenvalue weighted by atomic mass is 10.0. The molecular weight excluding hydrogens is 509 g/mol. The van der Waals surface area contributed by atoms with E-state index in [1.807, 2.05) is 20.8 Å². The van der Waals surface area contributed by atoms with Gasteiger partial charge in [-0.15, -0.1) is 24.0 Å². The molecule has 7 nitrogen and oxygen atoms in total. The molecule has 1 atom stereocenters. The lowest BCUT2D eigenvalue weighted by Crippen LogP contribution is -2.52. The summed E-state index contributed by atoms with van der Waals surface area (Å²) in [6, 6.07) is 6.76. The zero-order chi connectivity index (χ0) is 21.4. The zero-order valence-electron chi connectivity index (χ0n) is 17.8. The van der Waals surface area contributed by atoms with E-state index in [0.29, 0.717) is 5.96 Å². The monoisotopic (exact) mass is 540 g/mol. The molecule has 170 valence electrons. The average Bonchev–Trinajstić information content (AvgIpc) is 2.64. The van der Waals surface area contributed by atoms with E-state index in [0.717, 1.165) is 31.6 Å². The molecule has 0 spiro atoms. The van der Waals surface area contributed by atoms with E-state index < -0.39 is 12.2 Å². The van der Waals surface area contributed by atoms with E-state index in [2.05, 4.69) is 25.3 Å². The first-order valence-electron chi connectivity index (χ1n) is 9.65. The molecule has 1 aromatic rings. The van der Waals surface area contributed by atoms with Crippen molar-refractivity contribution in [1.29, 1.82) is 0 Å². The summed E-state index contributed by atoms with van der Waals surface area (Å²) in [7, 11) is 1.65. The first-order chi connectivity index (χ1) is 13.7. The van der Waals surface area contributed by atoms with Crippen LogP contribution in [0, 0.1) is 0 Å². The fraction of sp³-hybridized carbons (Fsp3) is 0.600. The van der Waals surface area contributed by atoms with Crippen LogP contribution in [0.5, 0.6) is 5.75 Å². The van der Waals surface area contributed by atoms with E-state index in [4.69, 9.17) is 4.74 Å². The highest BCUT2D eigenvalue weighted by Gasteiger charge is 2.22. The van der Waals surface area contributed by atoms with Gasteiger partial charge in [-0.2, -0.15) is 8.78 Å². The third-order valence-corrected chi connectivity index (χ3v) is 4.23. The lowest BCUT2D eigenvalue weighted by molar-refractivity contribution is -0.153. The van der Waals surface area contributed by atoms with Crippen molar-refractivity contribution in [3.05, 3.63) is 24.3 Å². The Morgan fingerprint density at radius 2 is 1.97 bits per heavy atom. The van der Waals surface area contributed by atoms with Crippen LogP contribution < -0.4 is 20.3 Å². The summed E-state index contributed by atoms with van der Waals surface area (Å²) in [5.41, 5.74) is 0.407. The van der Waals surface area contributed by atoms with Crippen LogP contribution in [0.3, 0.4) is 0 Å². The van der Waals surface area contributed by atoms with Gasteiger partial charge in [0.2, 0.25) is 0 Å². The molecule has 0 amide bonds. The van der Waals surface area contributed by atoms with Gasteiger partial charge in [0.15, 0.2) is 5.96 Å². The summed E-state index contributed by atoms with van der Waals surface area (Å²) >= 11 is 0. The Hall–Kier alpha value is -1.85. The van der Waals surface area contributed by atoms with Crippen LogP contribution in [0.15, 0.2) is 29.3 Å². The highest BCUT2D eigenvalue weighted by Crippen LogP contribution is 2.23. The van der Waals surface area contributed by atoms with Crippen LogP contribution in [0.1, 0.15) is 33.6 Å². The molecule has 1 aliphatic rings. The summed E-state index contributed by atoms with van der Waals surface area (Å²) in [5, 5.41) is 6.30. The molecule has 0 aromatic heterocycles. The third kappa shape index (κ3) is 9.31. The zero-order valence-corrected chi connectivity index (χ0v) is 20.1. The molecule has 1 heterocycles. The predicted octanol–water partition coefficient (Wildman–Crippen LogP) is 3.38. The van der Waals surface area contributed by atoms with Gasteiger partial charge >= 0.3 is 12.6 Å². The molecule has 30 heavy (non-hydrogen) atoms. The largest absolute Gasteiger partial charge is 0.459 e. The van der Waals surface area contributed by atoms with Crippen molar-refractivity contribution in [2.24, 2.45) is 4.99 Å². The van der Waals surface area contributed by atoms with Crippen LogP contribution in [-0.4, -0.2) is 56.9 Å². The molecular formula is C20H31F2IN4O3. The molecule has 1 saturated heterocycles. The molecule has 1 aliphatic heterocycles. The van der Waals surface area contributed by atoms with Crippen molar-refractivity contribution in [3.63, 3.8) is 0 Å². The average molecular weight is 540 g/mol. The first-order valence-corrected chi connectivity index (χ1v) is 9.65. The smallest absolute Gasteiger partial charge is 0.387 e. The molecule has 10 heteroatoms. The maximum Gasteiger partial charge on any atom is 0.387 e. The topological polar surface area (TPSA) is 75.2 Å². The van der Waals surface area contributed by atoms with Crippen molar-refractivity contribution < 1.29 is 23.0 Å². The predicted molar refractivity (Wildman–Crippen MR) is 124 cm³/mol. The number of aliphatic imine (C=N–C) groups is 1. The number of hydrogen-bond acceptors (Lipinski definition) is 5. The van der Waals surface area contributed by atoms with Crippen LogP contribution >= 0.6 is 24.0 Å². The van der Waals surface area contributed by atoms with Crippen molar-refractivity contribution >= 4 is 41.6 Å². The normalized spacial score (nSPS) is 17.2. The Balaban J connectivity index is 0.00000450. The number of piperidine rings is 1. The van der Waals surface area contributed by atoms with Gasteiger partial charge in [0.1, 0.15) is 17.9 Å². The van der Waals surface area contributed by atoms with E-state index in [1.54, 1.807) is 31.3 Å². The number of halogens is 3. The summed E-state index contributed by atoms with van der Waals surface area (Å²) in [6.07, 6.45) is 1.92. The highest BCUT2D eigenvalue weighted by molar-refractivity contribution is 14.0. The second-order valence-electron chi connectivity index (χ2n) is 7.81.